The third kappa shape index (κ3) is 6.27. The lowest BCUT2D eigenvalue weighted by molar-refractivity contribution is 0.340. The summed E-state index contributed by atoms with van der Waals surface area (Å²) in [5.41, 5.74) is 3.49. The van der Waals surface area contributed by atoms with Gasteiger partial charge in [-0.05, 0) is 55.2 Å². The monoisotopic (exact) mass is 309 g/mol. The molecule has 0 unspecified atom stereocenters. The number of nitrogens with zero attached hydrogens (tertiary/aromatic N) is 1. The van der Waals surface area contributed by atoms with Gasteiger partial charge in [-0.2, -0.15) is 0 Å². The molecule has 0 bridgehead atoms. The molecular formula is C21H27NO. The number of benzene rings is 2. The average molecular weight is 309 g/mol. The zero-order valence-electron chi connectivity index (χ0n) is 14.3. The van der Waals surface area contributed by atoms with Gasteiger partial charge in [-0.25, -0.2) is 0 Å². The minimum Gasteiger partial charge on any atom is -0.494 e. The van der Waals surface area contributed by atoms with Crippen LogP contribution in [0.3, 0.4) is 0 Å². The van der Waals surface area contributed by atoms with Gasteiger partial charge in [0.2, 0.25) is 0 Å². The molecule has 0 aromatic heterocycles. The Morgan fingerprint density at radius 1 is 0.870 bits per heavy atom. The van der Waals surface area contributed by atoms with E-state index in [1.165, 1.54) is 37.7 Å². The van der Waals surface area contributed by atoms with Crippen LogP contribution in [-0.4, -0.2) is 12.8 Å². The molecule has 0 saturated carbocycles. The van der Waals surface area contributed by atoms with Crippen LogP contribution in [-0.2, 0) is 6.42 Å². The van der Waals surface area contributed by atoms with Crippen molar-refractivity contribution in [3.8, 4) is 5.75 Å². The van der Waals surface area contributed by atoms with Gasteiger partial charge in [-0.1, -0.05) is 50.5 Å². The van der Waals surface area contributed by atoms with Crippen LogP contribution in [0, 0.1) is 0 Å². The van der Waals surface area contributed by atoms with E-state index in [-0.39, 0.29) is 0 Å². The molecule has 2 aromatic rings. The Morgan fingerprint density at radius 3 is 2.26 bits per heavy atom. The van der Waals surface area contributed by atoms with E-state index < -0.39 is 0 Å². The molecule has 0 aliphatic carbocycles. The maximum absolute atomic E-state index is 5.43. The zero-order chi connectivity index (χ0) is 16.3. The molecule has 0 aliphatic rings. The summed E-state index contributed by atoms with van der Waals surface area (Å²) >= 11 is 0. The highest BCUT2D eigenvalue weighted by Crippen LogP contribution is 2.18. The second-order valence-corrected chi connectivity index (χ2v) is 5.74. The lowest BCUT2D eigenvalue weighted by Crippen LogP contribution is -1.90. The van der Waals surface area contributed by atoms with Crippen molar-refractivity contribution in [2.45, 2.75) is 46.0 Å². The second-order valence-electron chi connectivity index (χ2n) is 5.74. The van der Waals surface area contributed by atoms with Crippen LogP contribution in [0.1, 0.15) is 50.7 Å². The van der Waals surface area contributed by atoms with Crippen molar-refractivity contribution in [2.75, 3.05) is 6.61 Å². The molecule has 2 aromatic carbocycles. The van der Waals surface area contributed by atoms with Gasteiger partial charge in [-0.15, -0.1) is 0 Å². The van der Waals surface area contributed by atoms with E-state index in [0.717, 1.165) is 17.0 Å². The molecule has 122 valence electrons. The maximum Gasteiger partial charge on any atom is 0.119 e. The third-order valence-corrected chi connectivity index (χ3v) is 3.81. The lowest BCUT2D eigenvalue weighted by atomic mass is 10.0. The smallest absolute Gasteiger partial charge is 0.119 e. The van der Waals surface area contributed by atoms with Crippen LogP contribution in [0.25, 0.3) is 0 Å². The molecule has 0 N–H and O–H groups in total. The first-order chi connectivity index (χ1) is 11.3. The number of unbranched alkanes of at least 4 members (excludes halogenated alkanes) is 3. The quantitative estimate of drug-likeness (QED) is 0.414. The fourth-order valence-corrected chi connectivity index (χ4v) is 2.47. The Labute approximate surface area is 140 Å². The summed E-state index contributed by atoms with van der Waals surface area (Å²) in [6.45, 7) is 4.92. The van der Waals surface area contributed by atoms with Crippen molar-refractivity contribution >= 4 is 11.9 Å². The third-order valence-electron chi connectivity index (χ3n) is 3.81. The van der Waals surface area contributed by atoms with Gasteiger partial charge in [0.15, 0.2) is 0 Å². The average Bonchev–Trinajstić information content (AvgIpc) is 2.59. The first-order valence-corrected chi connectivity index (χ1v) is 8.67. The molecule has 2 nitrogen and oxygen atoms in total. The van der Waals surface area contributed by atoms with Crippen molar-refractivity contribution in [3.63, 3.8) is 0 Å². The number of hydrogen-bond acceptors (Lipinski definition) is 2. The van der Waals surface area contributed by atoms with Crippen LogP contribution < -0.4 is 4.74 Å². The first kappa shape index (κ1) is 17.3. The normalized spacial score (nSPS) is 11.0. The Bertz CT molecular complexity index is 584. The van der Waals surface area contributed by atoms with E-state index in [1.807, 2.05) is 37.4 Å². The maximum atomic E-state index is 5.43. The van der Waals surface area contributed by atoms with Crippen LogP contribution in [0.4, 0.5) is 5.69 Å². The summed E-state index contributed by atoms with van der Waals surface area (Å²) in [6, 6.07) is 16.6. The van der Waals surface area contributed by atoms with Gasteiger partial charge in [0, 0.05) is 6.21 Å². The Balaban J connectivity index is 1.87. The molecule has 0 amide bonds. The number of aliphatic imine (C=N–C) groups is 1. The van der Waals surface area contributed by atoms with Gasteiger partial charge < -0.3 is 4.74 Å². The first-order valence-electron chi connectivity index (χ1n) is 8.67. The Kier molecular flexibility index (Phi) is 7.38. The van der Waals surface area contributed by atoms with Crippen LogP contribution in [0.5, 0.6) is 5.75 Å². The summed E-state index contributed by atoms with van der Waals surface area (Å²) < 4.78 is 5.43. The van der Waals surface area contributed by atoms with E-state index in [9.17, 15) is 0 Å². The molecule has 0 radical (unpaired) electrons. The van der Waals surface area contributed by atoms with E-state index in [2.05, 4.69) is 36.2 Å². The molecule has 0 atom stereocenters. The molecule has 0 fully saturated rings. The van der Waals surface area contributed by atoms with E-state index >= 15 is 0 Å². The zero-order valence-corrected chi connectivity index (χ0v) is 14.3. The summed E-state index contributed by atoms with van der Waals surface area (Å²) in [6.07, 6.45) is 8.34. The molecule has 23 heavy (non-hydrogen) atoms. The number of rotatable bonds is 9. The summed E-state index contributed by atoms with van der Waals surface area (Å²) in [5, 5.41) is 0. The SMILES string of the molecule is CCCCCCc1ccc(C=Nc2ccc(OCC)cc2)cc1. The van der Waals surface area contributed by atoms with Gasteiger partial charge in [0.05, 0.1) is 12.3 Å². The molecule has 0 heterocycles. The van der Waals surface area contributed by atoms with Gasteiger partial charge >= 0.3 is 0 Å². The fourth-order valence-electron chi connectivity index (χ4n) is 2.47. The molecule has 0 saturated heterocycles. The minimum absolute atomic E-state index is 0.688. The van der Waals surface area contributed by atoms with Gasteiger partial charge in [0.1, 0.15) is 5.75 Å². The van der Waals surface area contributed by atoms with E-state index in [1.54, 1.807) is 0 Å². The highest BCUT2D eigenvalue weighted by atomic mass is 16.5. The predicted octanol–water partition coefficient (Wildman–Crippen LogP) is 5.96. The van der Waals surface area contributed by atoms with E-state index in [0.29, 0.717) is 6.61 Å². The number of aryl methyl sites for hydroxylation is 1. The lowest BCUT2D eigenvalue weighted by Gasteiger charge is -2.03. The molecule has 0 spiro atoms. The van der Waals surface area contributed by atoms with Crippen molar-refractivity contribution in [3.05, 3.63) is 59.7 Å². The second kappa shape index (κ2) is 9.83. The molecule has 2 rings (SSSR count). The highest BCUT2D eigenvalue weighted by Gasteiger charge is 1.95. The van der Waals surface area contributed by atoms with Crippen LogP contribution >= 0.6 is 0 Å². The largest absolute Gasteiger partial charge is 0.494 e. The van der Waals surface area contributed by atoms with Gasteiger partial charge in [0.25, 0.3) is 0 Å². The summed E-state index contributed by atoms with van der Waals surface area (Å²) in [5.74, 6) is 0.888. The number of hydrogen-bond donors (Lipinski definition) is 0. The molecule has 2 heteroatoms. The molecular weight excluding hydrogens is 282 g/mol. The fraction of sp³-hybridized carbons (Fsp3) is 0.381. The van der Waals surface area contributed by atoms with Crippen molar-refractivity contribution in [2.24, 2.45) is 4.99 Å². The van der Waals surface area contributed by atoms with E-state index in [4.69, 9.17) is 4.74 Å². The summed E-state index contributed by atoms with van der Waals surface area (Å²) in [4.78, 5) is 4.51. The van der Waals surface area contributed by atoms with Crippen LogP contribution in [0.2, 0.25) is 0 Å². The predicted molar refractivity (Wildman–Crippen MR) is 99.2 cm³/mol. The molecule has 0 aliphatic heterocycles. The topological polar surface area (TPSA) is 21.6 Å². The van der Waals surface area contributed by atoms with Crippen molar-refractivity contribution in [1.29, 1.82) is 0 Å². The van der Waals surface area contributed by atoms with Gasteiger partial charge in [-0.3, -0.25) is 4.99 Å². The number of ether oxygens (including phenoxy) is 1. The standard InChI is InChI=1S/C21H27NO/c1-3-5-6-7-8-18-9-11-19(12-10-18)17-22-20-13-15-21(16-14-20)23-4-2/h9-17H,3-8H2,1-2H3. The van der Waals surface area contributed by atoms with Crippen LogP contribution in [0.15, 0.2) is 53.5 Å². The van der Waals surface area contributed by atoms with Crippen molar-refractivity contribution < 1.29 is 4.74 Å². The highest BCUT2D eigenvalue weighted by molar-refractivity contribution is 5.81. The minimum atomic E-state index is 0.688. The Hall–Kier alpha value is -2.09. The van der Waals surface area contributed by atoms with Crippen molar-refractivity contribution in [1.82, 2.24) is 0 Å². The summed E-state index contributed by atoms with van der Waals surface area (Å²) in [7, 11) is 0. The Morgan fingerprint density at radius 2 is 1.61 bits per heavy atom.